The van der Waals surface area contributed by atoms with E-state index in [1.165, 1.54) is 5.56 Å². The number of likely N-dealkylation sites (tertiary alicyclic amines) is 1. The van der Waals surface area contributed by atoms with Crippen LogP contribution < -0.4 is 5.32 Å². The van der Waals surface area contributed by atoms with Gasteiger partial charge in [0.15, 0.2) is 6.10 Å². The molecule has 0 radical (unpaired) electrons. The SMILES string of the molecule is CO[C@@H](C(=O)Nc1ccnn1C1CCN(Cc2cnn(C)c2)CC1)c1ccccc1. The lowest BCUT2D eigenvalue weighted by molar-refractivity contribution is -0.126. The number of ether oxygens (including phenoxy) is 1. The molecule has 3 aromatic rings. The number of carbonyl (C=O) groups excluding carboxylic acids is 1. The molecule has 1 aliphatic heterocycles. The van der Waals surface area contributed by atoms with Crippen molar-refractivity contribution in [2.24, 2.45) is 7.05 Å². The fourth-order valence-corrected chi connectivity index (χ4v) is 4.05. The minimum absolute atomic E-state index is 0.195. The van der Waals surface area contributed by atoms with Crippen molar-refractivity contribution in [2.45, 2.75) is 31.5 Å². The standard InChI is InChI=1S/C22H28N6O2/c1-26-15-17(14-24-26)16-27-12-9-19(10-13-27)28-20(8-11-23-28)25-22(29)21(30-2)18-6-4-3-5-7-18/h3-8,11,14-15,19,21H,9-10,12-13,16H2,1-2H3,(H,25,29)/t21-/m1/s1. The van der Waals surface area contributed by atoms with Gasteiger partial charge in [0.25, 0.3) is 5.91 Å². The first-order chi connectivity index (χ1) is 14.6. The maximum Gasteiger partial charge on any atom is 0.259 e. The summed E-state index contributed by atoms with van der Waals surface area (Å²) in [5.41, 5.74) is 2.06. The lowest BCUT2D eigenvalue weighted by Crippen LogP contribution is -2.35. The summed E-state index contributed by atoms with van der Waals surface area (Å²) in [6, 6.07) is 11.6. The molecule has 1 atom stereocenters. The number of hydrogen-bond donors (Lipinski definition) is 1. The number of aryl methyl sites for hydroxylation is 1. The minimum Gasteiger partial charge on any atom is -0.367 e. The highest BCUT2D eigenvalue weighted by Gasteiger charge is 2.25. The minimum atomic E-state index is -0.657. The predicted molar refractivity (Wildman–Crippen MR) is 114 cm³/mol. The van der Waals surface area contributed by atoms with Crippen LogP contribution in [0.15, 0.2) is 55.0 Å². The third kappa shape index (κ3) is 4.60. The molecule has 0 unspecified atom stereocenters. The van der Waals surface area contributed by atoms with Gasteiger partial charge in [-0.05, 0) is 18.4 Å². The van der Waals surface area contributed by atoms with Crippen molar-refractivity contribution in [1.82, 2.24) is 24.5 Å². The van der Waals surface area contributed by atoms with E-state index < -0.39 is 6.10 Å². The second-order valence-electron chi connectivity index (χ2n) is 7.71. The van der Waals surface area contributed by atoms with E-state index in [0.29, 0.717) is 5.82 Å². The predicted octanol–water partition coefficient (Wildman–Crippen LogP) is 2.78. The molecule has 8 nitrogen and oxygen atoms in total. The Morgan fingerprint density at radius 1 is 1.20 bits per heavy atom. The van der Waals surface area contributed by atoms with E-state index in [1.54, 1.807) is 13.3 Å². The van der Waals surface area contributed by atoms with Gasteiger partial charge in [-0.25, -0.2) is 4.68 Å². The Labute approximate surface area is 176 Å². The van der Waals surface area contributed by atoms with E-state index in [2.05, 4.69) is 26.6 Å². The molecule has 1 saturated heterocycles. The van der Waals surface area contributed by atoms with Gasteiger partial charge in [0, 0.05) is 51.6 Å². The van der Waals surface area contributed by atoms with Crippen LogP contribution in [-0.2, 0) is 23.1 Å². The zero-order valence-electron chi connectivity index (χ0n) is 17.4. The lowest BCUT2D eigenvalue weighted by atomic mass is 10.0. The normalized spacial score (nSPS) is 16.5. The number of amides is 1. The molecule has 158 valence electrons. The molecule has 0 saturated carbocycles. The molecule has 30 heavy (non-hydrogen) atoms. The van der Waals surface area contributed by atoms with Crippen LogP contribution in [0.2, 0.25) is 0 Å². The second-order valence-corrected chi connectivity index (χ2v) is 7.71. The molecule has 3 heterocycles. The third-order valence-electron chi connectivity index (χ3n) is 5.57. The molecule has 0 spiro atoms. The molecule has 8 heteroatoms. The van der Waals surface area contributed by atoms with Crippen molar-refractivity contribution in [3.63, 3.8) is 0 Å². The molecule has 1 aromatic carbocycles. The van der Waals surface area contributed by atoms with Crippen LogP contribution >= 0.6 is 0 Å². The number of hydrogen-bond acceptors (Lipinski definition) is 5. The van der Waals surface area contributed by atoms with E-state index in [0.717, 1.165) is 38.0 Å². The van der Waals surface area contributed by atoms with Gasteiger partial charge in [-0.15, -0.1) is 0 Å². The largest absolute Gasteiger partial charge is 0.367 e. The summed E-state index contributed by atoms with van der Waals surface area (Å²) in [5.74, 6) is 0.517. The topological polar surface area (TPSA) is 77.2 Å². The molecular formula is C22H28N6O2. The first-order valence-electron chi connectivity index (χ1n) is 10.3. The number of anilines is 1. The summed E-state index contributed by atoms with van der Waals surface area (Å²) in [6.07, 6.45) is 7.03. The highest BCUT2D eigenvalue weighted by atomic mass is 16.5. The van der Waals surface area contributed by atoms with Crippen LogP contribution in [0.25, 0.3) is 0 Å². The van der Waals surface area contributed by atoms with E-state index >= 15 is 0 Å². The van der Waals surface area contributed by atoms with E-state index in [1.807, 2.05) is 59.0 Å². The van der Waals surface area contributed by atoms with Gasteiger partial charge in [0.2, 0.25) is 0 Å². The summed E-state index contributed by atoms with van der Waals surface area (Å²) in [4.78, 5) is 15.3. The summed E-state index contributed by atoms with van der Waals surface area (Å²) < 4.78 is 9.23. The zero-order chi connectivity index (χ0) is 20.9. The smallest absolute Gasteiger partial charge is 0.259 e. The molecule has 1 fully saturated rings. The van der Waals surface area contributed by atoms with Crippen molar-refractivity contribution in [3.8, 4) is 0 Å². The Kier molecular flexibility index (Phi) is 6.25. The molecular weight excluding hydrogens is 380 g/mol. The van der Waals surface area contributed by atoms with Crippen LogP contribution in [0.5, 0.6) is 0 Å². The van der Waals surface area contributed by atoms with Gasteiger partial charge >= 0.3 is 0 Å². The molecule has 1 amide bonds. The number of piperidine rings is 1. The van der Waals surface area contributed by atoms with Crippen molar-refractivity contribution in [1.29, 1.82) is 0 Å². The van der Waals surface area contributed by atoms with Gasteiger partial charge in [-0.2, -0.15) is 10.2 Å². The Morgan fingerprint density at radius 3 is 2.63 bits per heavy atom. The molecule has 1 aliphatic rings. The first kappa shape index (κ1) is 20.3. The van der Waals surface area contributed by atoms with Crippen molar-refractivity contribution < 1.29 is 9.53 Å². The Bertz CT molecular complexity index is 959. The average molecular weight is 409 g/mol. The Balaban J connectivity index is 1.37. The maximum atomic E-state index is 12.8. The highest BCUT2D eigenvalue weighted by Crippen LogP contribution is 2.27. The maximum absolute atomic E-state index is 12.8. The molecule has 2 aromatic heterocycles. The van der Waals surface area contributed by atoms with Crippen molar-refractivity contribution in [3.05, 3.63) is 66.1 Å². The Hall–Kier alpha value is -2.97. The van der Waals surface area contributed by atoms with Gasteiger partial charge in [-0.1, -0.05) is 30.3 Å². The van der Waals surface area contributed by atoms with E-state index in [-0.39, 0.29) is 11.9 Å². The average Bonchev–Trinajstić information content (AvgIpc) is 3.39. The van der Waals surface area contributed by atoms with E-state index in [9.17, 15) is 4.79 Å². The highest BCUT2D eigenvalue weighted by molar-refractivity contribution is 5.94. The Morgan fingerprint density at radius 2 is 1.97 bits per heavy atom. The quantitative estimate of drug-likeness (QED) is 0.651. The first-order valence-corrected chi connectivity index (χ1v) is 10.3. The summed E-state index contributed by atoms with van der Waals surface area (Å²) in [5, 5.41) is 11.7. The number of rotatable bonds is 7. The van der Waals surface area contributed by atoms with E-state index in [4.69, 9.17) is 4.74 Å². The summed E-state index contributed by atoms with van der Waals surface area (Å²) >= 11 is 0. The number of carbonyl (C=O) groups is 1. The summed E-state index contributed by atoms with van der Waals surface area (Å²) in [6.45, 7) is 2.88. The van der Waals surface area contributed by atoms with Crippen LogP contribution in [0, 0.1) is 0 Å². The van der Waals surface area contributed by atoms with Gasteiger partial charge < -0.3 is 10.1 Å². The fraction of sp³-hybridized carbons (Fsp3) is 0.409. The molecule has 0 bridgehead atoms. The summed E-state index contributed by atoms with van der Waals surface area (Å²) in [7, 11) is 3.49. The monoisotopic (exact) mass is 408 g/mol. The third-order valence-corrected chi connectivity index (χ3v) is 5.57. The van der Waals surface area contributed by atoms with Crippen LogP contribution in [0.1, 0.15) is 36.1 Å². The molecule has 0 aliphatic carbocycles. The lowest BCUT2D eigenvalue weighted by Gasteiger charge is -2.32. The fourth-order valence-electron chi connectivity index (χ4n) is 4.05. The zero-order valence-corrected chi connectivity index (χ0v) is 17.4. The molecule has 4 rings (SSSR count). The van der Waals surface area contributed by atoms with Crippen LogP contribution in [0.4, 0.5) is 5.82 Å². The number of nitrogens with zero attached hydrogens (tertiary/aromatic N) is 5. The van der Waals surface area contributed by atoms with Crippen LogP contribution in [-0.4, -0.2) is 50.6 Å². The number of aromatic nitrogens is 4. The molecule has 1 N–H and O–H groups in total. The van der Waals surface area contributed by atoms with Gasteiger partial charge in [0.1, 0.15) is 5.82 Å². The van der Waals surface area contributed by atoms with Crippen molar-refractivity contribution >= 4 is 11.7 Å². The van der Waals surface area contributed by atoms with Crippen LogP contribution in [0.3, 0.4) is 0 Å². The van der Waals surface area contributed by atoms with Gasteiger partial charge in [-0.3, -0.25) is 14.4 Å². The van der Waals surface area contributed by atoms with Crippen molar-refractivity contribution in [2.75, 3.05) is 25.5 Å². The number of methoxy groups -OCH3 is 1. The second kappa shape index (κ2) is 9.23. The number of nitrogens with one attached hydrogen (secondary N) is 1. The number of benzene rings is 1. The van der Waals surface area contributed by atoms with Gasteiger partial charge in [0.05, 0.1) is 18.4 Å².